The Hall–Kier alpha value is -0.870. The third-order valence-corrected chi connectivity index (χ3v) is 2.12. The maximum atomic E-state index is 9.65. The zero-order chi connectivity index (χ0) is 11.5. The number of nitrogens with zero attached hydrogens (tertiary/aromatic N) is 3. The maximum Gasteiger partial charge on any atom is 0.0718 e. The van der Waals surface area contributed by atoms with Gasteiger partial charge in [-0.05, 0) is 27.8 Å². The number of hydrogen-bond acceptors (Lipinski definition) is 3. The summed E-state index contributed by atoms with van der Waals surface area (Å²) < 4.78 is 1.91. The first-order chi connectivity index (χ1) is 6.90. The molecular formula is C11H21N3O. The van der Waals surface area contributed by atoms with Crippen molar-refractivity contribution in [1.29, 1.82) is 0 Å². The summed E-state index contributed by atoms with van der Waals surface area (Å²) in [7, 11) is 2.00. The summed E-state index contributed by atoms with van der Waals surface area (Å²) in [6.07, 6.45) is 3.92. The molecule has 86 valence electrons. The SMILES string of the molecule is CCn1cc(CN(C)CC(C)(C)O)cn1. The van der Waals surface area contributed by atoms with Gasteiger partial charge >= 0.3 is 0 Å². The van der Waals surface area contributed by atoms with Crippen LogP contribution in [0.3, 0.4) is 0 Å². The van der Waals surface area contributed by atoms with Crippen molar-refractivity contribution in [2.24, 2.45) is 0 Å². The molecule has 15 heavy (non-hydrogen) atoms. The average molecular weight is 211 g/mol. The van der Waals surface area contributed by atoms with E-state index in [0.717, 1.165) is 13.1 Å². The van der Waals surface area contributed by atoms with Gasteiger partial charge in [-0.3, -0.25) is 9.58 Å². The van der Waals surface area contributed by atoms with E-state index in [4.69, 9.17) is 0 Å². The van der Waals surface area contributed by atoms with Crippen LogP contribution in [0.2, 0.25) is 0 Å². The molecule has 1 rings (SSSR count). The zero-order valence-electron chi connectivity index (χ0n) is 10.1. The van der Waals surface area contributed by atoms with E-state index in [1.807, 2.05) is 38.0 Å². The van der Waals surface area contributed by atoms with E-state index in [-0.39, 0.29) is 0 Å². The quantitative estimate of drug-likeness (QED) is 0.793. The second-order valence-corrected chi connectivity index (χ2v) is 4.69. The van der Waals surface area contributed by atoms with E-state index in [1.54, 1.807) is 0 Å². The topological polar surface area (TPSA) is 41.3 Å². The second-order valence-electron chi connectivity index (χ2n) is 4.69. The van der Waals surface area contributed by atoms with Gasteiger partial charge in [0.25, 0.3) is 0 Å². The highest BCUT2D eigenvalue weighted by molar-refractivity contribution is 5.03. The third-order valence-electron chi connectivity index (χ3n) is 2.12. The molecule has 0 aromatic carbocycles. The smallest absolute Gasteiger partial charge is 0.0718 e. The van der Waals surface area contributed by atoms with Crippen LogP contribution in [0.5, 0.6) is 0 Å². The van der Waals surface area contributed by atoms with Crippen molar-refractivity contribution >= 4 is 0 Å². The van der Waals surface area contributed by atoms with Gasteiger partial charge < -0.3 is 5.11 Å². The number of hydrogen-bond donors (Lipinski definition) is 1. The first-order valence-electron chi connectivity index (χ1n) is 5.33. The highest BCUT2D eigenvalue weighted by Gasteiger charge is 2.15. The monoisotopic (exact) mass is 211 g/mol. The highest BCUT2D eigenvalue weighted by Crippen LogP contribution is 2.07. The summed E-state index contributed by atoms with van der Waals surface area (Å²) in [5, 5.41) is 13.9. The summed E-state index contributed by atoms with van der Waals surface area (Å²) >= 11 is 0. The molecule has 0 aliphatic carbocycles. The summed E-state index contributed by atoms with van der Waals surface area (Å²) in [6, 6.07) is 0. The predicted molar refractivity (Wildman–Crippen MR) is 60.5 cm³/mol. The molecule has 4 nitrogen and oxygen atoms in total. The third kappa shape index (κ3) is 4.44. The number of aromatic nitrogens is 2. The summed E-state index contributed by atoms with van der Waals surface area (Å²) in [6.45, 7) is 8.08. The Morgan fingerprint density at radius 3 is 2.67 bits per heavy atom. The number of likely N-dealkylation sites (N-methyl/N-ethyl adjacent to an activating group) is 1. The van der Waals surface area contributed by atoms with Crippen molar-refractivity contribution in [1.82, 2.24) is 14.7 Å². The molecule has 0 saturated carbocycles. The van der Waals surface area contributed by atoms with Gasteiger partial charge in [0.15, 0.2) is 0 Å². The fourth-order valence-corrected chi connectivity index (χ4v) is 1.69. The van der Waals surface area contributed by atoms with E-state index in [2.05, 4.69) is 16.9 Å². The lowest BCUT2D eigenvalue weighted by molar-refractivity contribution is 0.0425. The number of aryl methyl sites for hydroxylation is 1. The van der Waals surface area contributed by atoms with Crippen molar-refractivity contribution in [3.63, 3.8) is 0 Å². The normalized spacial score (nSPS) is 12.4. The minimum atomic E-state index is -0.643. The Bertz CT molecular complexity index is 301. The molecule has 4 heteroatoms. The predicted octanol–water partition coefficient (Wildman–Crippen LogP) is 1.11. The van der Waals surface area contributed by atoms with Gasteiger partial charge in [-0.15, -0.1) is 0 Å². The molecule has 1 aromatic heterocycles. The molecule has 0 spiro atoms. The lowest BCUT2D eigenvalue weighted by Crippen LogP contribution is -2.35. The van der Waals surface area contributed by atoms with Crippen LogP contribution < -0.4 is 0 Å². The molecule has 0 atom stereocenters. The first kappa shape index (κ1) is 12.2. The van der Waals surface area contributed by atoms with Gasteiger partial charge in [-0.1, -0.05) is 0 Å². The molecule has 1 N–H and O–H groups in total. The standard InChI is InChI=1S/C11H21N3O/c1-5-14-8-10(6-12-14)7-13(4)9-11(2,3)15/h6,8,15H,5,7,9H2,1-4H3. The zero-order valence-corrected chi connectivity index (χ0v) is 10.1. The molecule has 0 saturated heterocycles. The molecule has 0 bridgehead atoms. The first-order valence-corrected chi connectivity index (χ1v) is 5.33. The van der Waals surface area contributed by atoms with E-state index >= 15 is 0 Å². The Kier molecular flexibility index (Phi) is 3.88. The van der Waals surface area contributed by atoms with E-state index in [0.29, 0.717) is 6.54 Å². The van der Waals surface area contributed by atoms with Gasteiger partial charge in [-0.25, -0.2) is 0 Å². The van der Waals surface area contributed by atoms with Gasteiger partial charge in [0.1, 0.15) is 0 Å². The Balaban J connectivity index is 2.47. The number of rotatable bonds is 5. The van der Waals surface area contributed by atoms with Crippen LogP contribution in [0, 0.1) is 0 Å². The van der Waals surface area contributed by atoms with Gasteiger partial charge in [0.05, 0.1) is 11.8 Å². The molecule has 1 aromatic rings. The van der Waals surface area contributed by atoms with Crippen LogP contribution >= 0.6 is 0 Å². The lowest BCUT2D eigenvalue weighted by Gasteiger charge is -2.24. The summed E-state index contributed by atoms with van der Waals surface area (Å²) in [5.41, 5.74) is 0.541. The molecule has 0 amide bonds. The van der Waals surface area contributed by atoms with E-state index in [1.165, 1.54) is 5.56 Å². The maximum absolute atomic E-state index is 9.65. The van der Waals surface area contributed by atoms with Crippen LogP contribution in [-0.4, -0.2) is 39.0 Å². The Labute approximate surface area is 91.5 Å². The molecule has 0 radical (unpaired) electrons. The molecule has 0 aliphatic rings. The van der Waals surface area contributed by atoms with Crippen molar-refractivity contribution in [3.05, 3.63) is 18.0 Å². The van der Waals surface area contributed by atoms with Crippen LogP contribution in [-0.2, 0) is 13.1 Å². The van der Waals surface area contributed by atoms with Crippen LogP contribution in [0.25, 0.3) is 0 Å². The molecule has 0 fully saturated rings. The fourth-order valence-electron chi connectivity index (χ4n) is 1.69. The van der Waals surface area contributed by atoms with Crippen molar-refractivity contribution in [3.8, 4) is 0 Å². The average Bonchev–Trinajstić information content (AvgIpc) is 2.48. The van der Waals surface area contributed by atoms with Crippen LogP contribution in [0.15, 0.2) is 12.4 Å². The molecular weight excluding hydrogens is 190 g/mol. The van der Waals surface area contributed by atoms with Gasteiger partial charge in [0.2, 0.25) is 0 Å². The summed E-state index contributed by atoms with van der Waals surface area (Å²) in [4.78, 5) is 2.09. The second kappa shape index (κ2) is 4.77. The minimum Gasteiger partial charge on any atom is -0.389 e. The number of aliphatic hydroxyl groups is 1. The summed E-state index contributed by atoms with van der Waals surface area (Å²) in [5.74, 6) is 0. The highest BCUT2D eigenvalue weighted by atomic mass is 16.3. The van der Waals surface area contributed by atoms with Crippen LogP contribution in [0.4, 0.5) is 0 Å². The van der Waals surface area contributed by atoms with Gasteiger partial charge in [0, 0.05) is 31.4 Å². The lowest BCUT2D eigenvalue weighted by atomic mass is 10.1. The van der Waals surface area contributed by atoms with Crippen molar-refractivity contribution in [2.45, 2.75) is 39.5 Å². The molecule has 1 heterocycles. The van der Waals surface area contributed by atoms with E-state index < -0.39 is 5.60 Å². The Morgan fingerprint density at radius 2 is 2.20 bits per heavy atom. The van der Waals surface area contributed by atoms with Crippen molar-refractivity contribution in [2.75, 3.05) is 13.6 Å². The molecule has 0 unspecified atom stereocenters. The van der Waals surface area contributed by atoms with Crippen molar-refractivity contribution < 1.29 is 5.11 Å². The fraction of sp³-hybridized carbons (Fsp3) is 0.727. The van der Waals surface area contributed by atoms with E-state index in [9.17, 15) is 5.11 Å². The minimum absolute atomic E-state index is 0.643. The molecule has 0 aliphatic heterocycles. The Morgan fingerprint density at radius 1 is 1.53 bits per heavy atom. The van der Waals surface area contributed by atoms with Crippen LogP contribution in [0.1, 0.15) is 26.3 Å². The largest absolute Gasteiger partial charge is 0.389 e. The van der Waals surface area contributed by atoms with Gasteiger partial charge in [-0.2, -0.15) is 5.10 Å².